The lowest BCUT2D eigenvalue weighted by molar-refractivity contribution is -0.138. The van der Waals surface area contributed by atoms with Crippen LogP contribution in [-0.2, 0) is 25.8 Å². The highest BCUT2D eigenvalue weighted by Gasteiger charge is 2.34. The van der Waals surface area contributed by atoms with Crippen molar-refractivity contribution in [1.82, 2.24) is 9.62 Å². The summed E-state index contributed by atoms with van der Waals surface area (Å²) in [6.07, 6.45) is -2.50. The minimum atomic E-state index is -4.66. The molecule has 27 heavy (non-hydrogen) atoms. The maximum Gasteiger partial charge on any atom is 0.418 e. The van der Waals surface area contributed by atoms with E-state index in [-0.39, 0.29) is 12.5 Å². The summed E-state index contributed by atoms with van der Waals surface area (Å²) in [4.78, 5) is 23.7. The van der Waals surface area contributed by atoms with Crippen molar-refractivity contribution in [2.75, 3.05) is 31.2 Å². The predicted molar refractivity (Wildman–Crippen MR) is 92.2 cm³/mol. The highest BCUT2D eigenvalue weighted by molar-refractivity contribution is 7.88. The fourth-order valence-electron chi connectivity index (χ4n) is 2.78. The van der Waals surface area contributed by atoms with Crippen LogP contribution in [0.1, 0.15) is 18.4 Å². The lowest BCUT2D eigenvalue weighted by Gasteiger charge is -2.30. The number of nitrogens with one attached hydrogen (secondary N) is 2. The van der Waals surface area contributed by atoms with Crippen LogP contribution in [0.15, 0.2) is 24.3 Å². The van der Waals surface area contributed by atoms with Crippen LogP contribution < -0.4 is 10.6 Å². The second kappa shape index (κ2) is 8.26. The standard InChI is InChI=1S/C16H20F3N3O4S/c1-27(25,26)22-8-6-11(7-9-22)10-20-14(23)15(24)21-13-5-3-2-4-12(13)16(17,18)19/h2-5,11H,6-10H2,1H3,(H,20,23)(H,21,24). The van der Waals surface area contributed by atoms with Gasteiger partial charge in [-0.25, -0.2) is 12.7 Å². The molecule has 2 amide bonds. The van der Waals surface area contributed by atoms with Crippen molar-refractivity contribution in [3.8, 4) is 0 Å². The molecule has 1 aliphatic rings. The molecule has 0 aromatic heterocycles. The molecule has 7 nitrogen and oxygen atoms in total. The largest absolute Gasteiger partial charge is 0.418 e. The van der Waals surface area contributed by atoms with Gasteiger partial charge in [0, 0.05) is 19.6 Å². The van der Waals surface area contributed by atoms with Crippen molar-refractivity contribution in [3.05, 3.63) is 29.8 Å². The van der Waals surface area contributed by atoms with Crippen molar-refractivity contribution >= 4 is 27.5 Å². The van der Waals surface area contributed by atoms with E-state index in [1.807, 2.05) is 5.32 Å². The first-order chi connectivity index (χ1) is 12.5. The number of hydrogen-bond donors (Lipinski definition) is 2. The molecule has 150 valence electrons. The molecule has 0 saturated carbocycles. The molecule has 0 aliphatic carbocycles. The first-order valence-electron chi connectivity index (χ1n) is 8.19. The predicted octanol–water partition coefficient (Wildman–Crippen LogP) is 1.43. The second-order valence-corrected chi connectivity index (χ2v) is 8.30. The van der Waals surface area contributed by atoms with Crippen LogP contribution in [0, 0.1) is 5.92 Å². The number of amides is 2. The number of halogens is 3. The number of carbonyl (C=O) groups excluding carboxylic acids is 2. The van der Waals surface area contributed by atoms with Gasteiger partial charge < -0.3 is 10.6 Å². The maximum atomic E-state index is 12.9. The third-order valence-electron chi connectivity index (χ3n) is 4.28. The Bertz CT molecular complexity index is 803. The van der Waals surface area contributed by atoms with Gasteiger partial charge in [0.15, 0.2) is 0 Å². The van der Waals surface area contributed by atoms with Crippen molar-refractivity contribution in [3.63, 3.8) is 0 Å². The Morgan fingerprint density at radius 3 is 2.30 bits per heavy atom. The van der Waals surface area contributed by atoms with Crippen molar-refractivity contribution < 1.29 is 31.2 Å². The first-order valence-corrected chi connectivity index (χ1v) is 10.0. The molecule has 0 bridgehead atoms. The van der Waals surface area contributed by atoms with Gasteiger partial charge >= 0.3 is 18.0 Å². The summed E-state index contributed by atoms with van der Waals surface area (Å²) >= 11 is 0. The van der Waals surface area contributed by atoms with Gasteiger partial charge in [0.05, 0.1) is 17.5 Å². The topological polar surface area (TPSA) is 95.6 Å². The molecular formula is C16H20F3N3O4S. The molecular weight excluding hydrogens is 387 g/mol. The quantitative estimate of drug-likeness (QED) is 0.739. The molecule has 1 aromatic carbocycles. The highest BCUT2D eigenvalue weighted by atomic mass is 32.2. The summed E-state index contributed by atoms with van der Waals surface area (Å²) in [6, 6.07) is 4.37. The van der Waals surface area contributed by atoms with Crippen LogP contribution in [0.3, 0.4) is 0 Å². The Labute approximate surface area is 155 Å². The molecule has 2 rings (SSSR count). The van der Waals surface area contributed by atoms with Crippen LogP contribution in [0.5, 0.6) is 0 Å². The lowest BCUT2D eigenvalue weighted by Crippen LogP contribution is -2.43. The minimum absolute atomic E-state index is 0.0118. The van der Waals surface area contributed by atoms with E-state index in [0.717, 1.165) is 18.4 Å². The number of carbonyl (C=O) groups is 2. The van der Waals surface area contributed by atoms with E-state index in [1.165, 1.54) is 16.4 Å². The van der Waals surface area contributed by atoms with Gasteiger partial charge in [-0.2, -0.15) is 13.2 Å². The van der Waals surface area contributed by atoms with Crippen LogP contribution >= 0.6 is 0 Å². The third kappa shape index (κ3) is 5.93. The number of para-hydroxylation sites is 1. The van der Waals surface area contributed by atoms with Gasteiger partial charge in [-0.3, -0.25) is 9.59 Å². The number of hydrogen-bond acceptors (Lipinski definition) is 4. The number of sulfonamides is 1. The molecule has 0 spiro atoms. The Morgan fingerprint density at radius 1 is 1.15 bits per heavy atom. The smallest absolute Gasteiger partial charge is 0.348 e. The number of rotatable bonds is 4. The van der Waals surface area contributed by atoms with E-state index in [9.17, 15) is 31.2 Å². The third-order valence-corrected chi connectivity index (χ3v) is 5.58. The summed E-state index contributed by atoms with van der Waals surface area (Å²) < 4.78 is 62.9. The van der Waals surface area contributed by atoms with Gasteiger partial charge in [0.1, 0.15) is 0 Å². The number of piperidine rings is 1. The molecule has 1 aliphatic heterocycles. The molecule has 1 saturated heterocycles. The zero-order valence-corrected chi connectivity index (χ0v) is 15.4. The number of alkyl halides is 3. The zero-order valence-electron chi connectivity index (χ0n) is 14.5. The summed E-state index contributed by atoms with van der Waals surface area (Å²) in [5.74, 6) is -2.25. The Hall–Kier alpha value is -2.14. The highest BCUT2D eigenvalue weighted by Crippen LogP contribution is 2.34. The lowest BCUT2D eigenvalue weighted by atomic mass is 9.98. The van der Waals surface area contributed by atoms with Gasteiger partial charge in [-0.1, -0.05) is 12.1 Å². The van der Waals surface area contributed by atoms with Crippen LogP contribution in [0.25, 0.3) is 0 Å². The summed E-state index contributed by atoms with van der Waals surface area (Å²) in [6.45, 7) is 0.791. The van der Waals surface area contributed by atoms with Crippen molar-refractivity contribution in [1.29, 1.82) is 0 Å². The van der Waals surface area contributed by atoms with Crippen LogP contribution in [0.2, 0.25) is 0 Å². The molecule has 1 fully saturated rings. The summed E-state index contributed by atoms with van der Waals surface area (Å²) in [7, 11) is -3.25. The summed E-state index contributed by atoms with van der Waals surface area (Å²) in [5, 5.41) is 4.36. The summed E-state index contributed by atoms with van der Waals surface area (Å²) in [5.41, 5.74) is -1.54. The Balaban J connectivity index is 1.86. The second-order valence-electron chi connectivity index (χ2n) is 6.31. The van der Waals surface area contributed by atoms with Gasteiger partial charge in [-0.05, 0) is 30.9 Å². The van der Waals surface area contributed by atoms with Crippen molar-refractivity contribution in [2.45, 2.75) is 19.0 Å². The zero-order chi connectivity index (χ0) is 20.2. The van der Waals surface area contributed by atoms with E-state index in [2.05, 4.69) is 5.32 Å². The Kier molecular flexibility index (Phi) is 6.47. The van der Waals surface area contributed by atoms with E-state index >= 15 is 0 Å². The number of anilines is 1. The van der Waals surface area contributed by atoms with Gasteiger partial charge in [0.2, 0.25) is 10.0 Å². The fourth-order valence-corrected chi connectivity index (χ4v) is 3.65. The monoisotopic (exact) mass is 407 g/mol. The van der Waals surface area contributed by atoms with Crippen molar-refractivity contribution in [2.24, 2.45) is 5.92 Å². The fraction of sp³-hybridized carbons (Fsp3) is 0.500. The molecule has 0 atom stereocenters. The van der Waals surface area contributed by atoms with E-state index in [1.54, 1.807) is 0 Å². The molecule has 1 aromatic rings. The average molecular weight is 407 g/mol. The molecule has 11 heteroatoms. The first kappa shape index (κ1) is 21.2. The van der Waals surface area contributed by atoms with Crippen LogP contribution in [0.4, 0.5) is 18.9 Å². The van der Waals surface area contributed by atoms with E-state index < -0.39 is 39.3 Å². The van der Waals surface area contributed by atoms with E-state index in [0.29, 0.717) is 25.9 Å². The number of benzene rings is 1. The van der Waals surface area contributed by atoms with Crippen LogP contribution in [-0.4, -0.2) is 50.4 Å². The van der Waals surface area contributed by atoms with Gasteiger partial charge in [0.25, 0.3) is 0 Å². The normalized spacial score (nSPS) is 16.7. The molecule has 2 N–H and O–H groups in total. The maximum absolute atomic E-state index is 12.9. The molecule has 1 heterocycles. The SMILES string of the molecule is CS(=O)(=O)N1CCC(CNC(=O)C(=O)Nc2ccccc2C(F)(F)F)CC1. The van der Waals surface area contributed by atoms with Gasteiger partial charge in [-0.15, -0.1) is 0 Å². The molecule has 0 unspecified atom stereocenters. The Morgan fingerprint density at radius 2 is 1.74 bits per heavy atom. The average Bonchev–Trinajstić information content (AvgIpc) is 2.58. The number of nitrogens with zero attached hydrogens (tertiary/aromatic N) is 1. The minimum Gasteiger partial charge on any atom is -0.348 e. The molecule has 0 radical (unpaired) electrons. The van der Waals surface area contributed by atoms with E-state index in [4.69, 9.17) is 0 Å².